The summed E-state index contributed by atoms with van der Waals surface area (Å²) >= 11 is 6.31. The summed E-state index contributed by atoms with van der Waals surface area (Å²) in [7, 11) is 0. The summed E-state index contributed by atoms with van der Waals surface area (Å²) in [6.45, 7) is 0. The van der Waals surface area contributed by atoms with E-state index in [1.54, 1.807) is 5.57 Å². The molecule has 0 amide bonds. The van der Waals surface area contributed by atoms with Gasteiger partial charge in [-0.3, -0.25) is 0 Å². The normalized spacial score (nSPS) is 17.5. The smallest absolute Gasteiger partial charge is 0.0484 e. The maximum absolute atomic E-state index is 6.31. The van der Waals surface area contributed by atoms with E-state index in [1.807, 2.05) is 6.07 Å². The molecule has 4 rings (SSSR count). The molecule has 2 aliphatic carbocycles. The Hall–Kier alpha value is -1.53. The van der Waals surface area contributed by atoms with Gasteiger partial charge in [0.25, 0.3) is 0 Å². The van der Waals surface area contributed by atoms with Gasteiger partial charge in [-0.1, -0.05) is 48.0 Å². The van der Waals surface area contributed by atoms with Crippen LogP contribution in [0, 0.1) is 0 Å². The molecule has 0 heterocycles. The average Bonchev–Trinajstić information content (AvgIpc) is 2.47. The Balaban J connectivity index is 2.03. The third-order valence-corrected chi connectivity index (χ3v) is 4.64. The molecule has 2 aliphatic rings. The summed E-state index contributed by atoms with van der Waals surface area (Å²) in [5.74, 6) is 0. The van der Waals surface area contributed by atoms with Crippen molar-refractivity contribution in [2.45, 2.75) is 25.7 Å². The van der Waals surface area contributed by atoms with Crippen molar-refractivity contribution in [2.24, 2.45) is 0 Å². The van der Waals surface area contributed by atoms with Crippen LogP contribution < -0.4 is 0 Å². The van der Waals surface area contributed by atoms with Crippen LogP contribution in [0.5, 0.6) is 0 Å². The minimum atomic E-state index is 0.854. The largest absolute Gasteiger partial charge is 0.0837 e. The van der Waals surface area contributed by atoms with E-state index in [2.05, 4.69) is 36.4 Å². The van der Waals surface area contributed by atoms with Gasteiger partial charge in [0.05, 0.1) is 0 Å². The van der Waals surface area contributed by atoms with Crippen molar-refractivity contribution in [3.05, 3.63) is 64.2 Å². The Labute approximate surface area is 118 Å². The molecule has 0 spiro atoms. The van der Waals surface area contributed by atoms with E-state index in [4.69, 9.17) is 11.6 Å². The molecule has 94 valence electrons. The van der Waals surface area contributed by atoms with Crippen LogP contribution in [0.1, 0.15) is 30.4 Å². The van der Waals surface area contributed by atoms with Crippen molar-refractivity contribution in [1.29, 1.82) is 0 Å². The molecule has 0 atom stereocenters. The zero-order valence-electron chi connectivity index (χ0n) is 10.7. The van der Waals surface area contributed by atoms with Gasteiger partial charge in [0.1, 0.15) is 0 Å². The summed E-state index contributed by atoms with van der Waals surface area (Å²) in [6.07, 6.45) is 9.60. The van der Waals surface area contributed by atoms with Gasteiger partial charge in [0.2, 0.25) is 0 Å². The molecule has 0 radical (unpaired) electrons. The summed E-state index contributed by atoms with van der Waals surface area (Å²) < 4.78 is 0. The highest BCUT2D eigenvalue weighted by Crippen LogP contribution is 2.41. The van der Waals surface area contributed by atoms with Crippen LogP contribution in [-0.2, 0) is 6.42 Å². The number of rotatable bonds is 0. The highest BCUT2D eigenvalue weighted by molar-refractivity contribution is 6.35. The molecule has 0 N–H and O–H groups in total. The number of hydrogen-bond donors (Lipinski definition) is 0. The zero-order valence-corrected chi connectivity index (χ0v) is 11.5. The first-order chi connectivity index (χ1) is 9.34. The van der Waals surface area contributed by atoms with E-state index in [-0.39, 0.29) is 0 Å². The molecule has 2 aromatic rings. The summed E-state index contributed by atoms with van der Waals surface area (Å²) in [6, 6.07) is 10.7. The molecule has 0 saturated carbocycles. The fourth-order valence-electron chi connectivity index (χ4n) is 3.38. The van der Waals surface area contributed by atoms with Crippen LogP contribution in [0.4, 0.5) is 0 Å². The second kappa shape index (κ2) is 4.25. The molecule has 1 heteroatoms. The lowest BCUT2D eigenvalue weighted by molar-refractivity contribution is 0.820. The van der Waals surface area contributed by atoms with Crippen LogP contribution in [0.15, 0.2) is 48.1 Å². The van der Waals surface area contributed by atoms with Gasteiger partial charge in [0, 0.05) is 10.4 Å². The topological polar surface area (TPSA) is 0 Å². The highest BCUT2D eigenvalue weighted by atomic mass is 35.5. The molecular weight excluding hydrogens is 252 g/mol. The van der Waals surface area contributed by atoms with Crippen LogP contribution in [0.25, 0.3) is 16.3 Å². The van der Waals surface area contributed by atoms with E-state index >= 15 is 0 Å². The number of fused-ring (bicyclic) bond motifs is 5. The number of hydrogen-bond acceptors (Lipinski definition) is 0. The second-order valence-electron chi connectivity index (χ2n) is 5.37. The molecule has 2 aromatic carbocycles. The monoisotopic (exact) mass is 266 g/mol. The first-order valence-electron chi connectivity index (χ1n) is 6.94. The molecule has 0 bridgehead atoms. The van der Waals surface area contributed by atoms with Crippen LogP contribution >= 0.6 is 11.6 Å². The van der Waals surface area contributed by atoms with Crippen molar-refractivity contribution in [3.8, 4) is 0 Å². The highest BCUT2D eigenvalue weighted by Gasteiger charge is 2.20. The maximum atomic E-state index is 6.31. The fraction of sp³-hybridized carbons (Fsp3) is 0.222. The molecule has 0 aliphatic heterocycles. The summed E-state index contributed by atoms with van der Waals surface area (Å²) in [5.41, 5.74) is 5.87. The Kier molecular flexibility index (Phi) is 2.53. The lowest BCUT2D eigenvalue weighted by atomic mass is 9.80. The van der Waals surface area contributed by atoms with Gasteiger partial charge in [-0.2, -0.15) is 0 Å². The summed E-state index contributed by atoms with van der Waals surface area (Å²) in [5, 5.41) is 3.34. The number of allylic oxidation sites excluding steroid dienone is 4. The van der Waals surface area contributed by atoms with Crippen LogP contribution in [0.3, 0.4) is 0 Å². The lowest BCUT2D eigenvalue weighted by Gasteiger charge is -2.25. The van der Waals surface area contributed by atoms with Gasteiger partial charge in [-0.25, -0.2) is 0 Å². The predicted octanol–water partition coefficient (Wildman–Crippen LogP) is 5.54. The van der Waals surface area contributed by atoms with Crippen molar-refractivity contribution >= 4 is 27.9 Å². The minimum absolute atomic E-state index is 0.854. The maximum Gasteiger partial charge on any atom is 0.0484 e. The Morgan fingerprint density at radius 1 is 0.947 bits per heavy atom. The lowest BCUT2D eigenvalue weighted by Crippen LogP contribution is -2.06. The number of benzene rings is 2. The van der Waals surface area contributed by atoms with Gasteiger partial charge < -0.3 is 0 Å². The van der Waals surface area contributed by atoms with Crippen molar-refractivity contribution in [1.82, 2.24) is 0 Å². The standard InChI is InChI=1S/C18H15Cl/c19-18-7-3-6-14-16-9-8-12-4-1-2-5-13(12)15(16)10-11-17(14)18/h3,5-8,10-11H,1-2,4,9H2. The third kappa shape index (κ3) is 1.67. The first kappa shape index (κ1) is 11.3. The van der Waals surface area contributed by atoms with Crippen molar-refractivity contribution in [3.63, 3.8) is 0 Å². The van der Waals surface area contributed by atoms with Gasteiger partial charge in [0.15, 0.2) is 0 Å². The summed E-state index contributed by atoms with van der Waals surface area (Å²) in [4.78, 5) is 0. The molecule has 0 nitrogen and oxygen atoms in total. The number of halogens is 1. The predicted molar refractivity (Wildman–Crippen MR) is 82.6 cm³/mol. The molecular formula is C18H15Cl. The van der Waals surface area contributed by atoms with Crippen molar-refractivity contribution < 1.29 is 0 Å². The Morgan fingerprint density at radius 3 is 2.84 bits per heavy atom. The van der Waals surface area contributed by atoms with Crippen molar-refractivity contribution in [2.75, 3.05) is 0 Å². The zero-order chi connectivity index (χ0) is 12.8. The van der Waals surface area contributed by atoms with Gasteiger partial charge in [-0.05, 0) is 59.4 Å². The van der Waals surface area contributed by atoms with E-state index < -0.39 is 0 Å². The Bertz CT molecular complexity index is 735. The fourth-order valence-corrected chi connectivity index (χ4v) is 3.62. The van der Waals surface area contributed by atoms with Gasteiger partial charge in [-0.15, -0.1) is 0 Å². The first-order valence-corrected chi connectivity index (χ1v) is 7.32. The quantitative estimate of drug-likeness (QED) is 0.587. The molecule has 0 fully saturated rings. The van der Waals surface area contributed by atoms with E-state index in [9.17, 15) is 0 Å². The van der Waals surface area contributed by atoms with Crippen LogP contribution in [-0.4, -0.2) is 0 Å². The SMILES string of the molecule is Clc1cccc2c3c(ccc12)C1=CCCCC1=CC3. The third-order valence-electron chi connectivity index (χ3n) is 4.31. The minimum Gasteiger partial charge on any atom is -0.0837 e. The molecule has 0 saturated heterocycles. The molecule has 0 aromatic heterocycles. The van der Waals surface area contributed by atoms with E-state index in [0.29, 0.717) is 0 Å². The van der Waals surface area contributed by atoms with Gasteiger partial charge >= 0.3 is 0 Å². The second-order valence-corrected chi connectivity index (χ2v) is 5.78. The molecule has 19 heavy (non-hydrogen) atoms. The van der Waals surface area contributed by atoms with E-state index in [0.717, 1.165) is 11.4 Å². The Morgan fingerprint density at radius 2 is 1.89 bits per heavy atom. The average molecular weight is 267 g/mol. The molecule has 0 unspecified atom stereocenters. The van der Waals surface area contributed by atoms with E-state index in [1.165, 1.54) is 46.7 Å². The van der Waals surface area contributed by atoms with Crippen LogP contribution in [0.2, 0.25) is 5.02 Å².